The Morgan fingerprint density at radius 1 is 1.31 bits per heavy atom. The molecule has 0 aromatic heterocycles. The molecule has 0 saturated heterocycles. The highest BCUT2D eigenvalue weighted by atomic mass is 16.4. The number of carbonyl (C=O) groups is 1. The first-order valence-electron chi connectivity index (χ1n) is 5.35. The lowest BCUT2D eigenvalue weighted by molar-refractivity contribution is -0.139. The molecule has 1 atom stereocenters. The van der Waals surface area contributed by atoms with Crippen molar-refractivity contribution in [1.29, 1.82) is 0 Å². The Morgan fingerprint density at radius 3 is 2.56 bits per heavy atom. The monoisotopic (exact) mass is 223 g/mol. The number of aryl methyl sites for hydroxylation is 1. The van der Waals surface area contributed by atoms with Crippen molar-refractivity contribution >= 4 is 5.97 Å². The van der Waals surface area contributed by atoms with Gasteiger partial charge < -0.3 is 15.5 Å². The Morgan fingerprint density at radius 2 is 2.00 bits per heavy atom. The summed E-state index contributed by atoms with van der Waals surface area (Å²) in [4.78, 5) is 10.9. The molecule has 3 N–H and O–H groups in total. The summed E-state index contributed by atoms with van der Waals surface area (Å²) in [6.45, 7) is 0.265. The Balaban J connectivity index is 2.41. The molecule has 0 aliphatic carbocycles. The van der Waals surface area contributed by atoms with Gasteiger partial charge in [-0.3, -0.25) is 4.79 Å². The minimum absolute atomic E-state index is 0.0465. The Hall–Kier alpha value is -1.39. The van der Waals surface area contributed by atoms with Gasteiger partial charge in [0, 0.05) is 6.54 Å². The molecule has 0 radical (unpaired) electrons. The Kier molecular flexibility index (Phi) is 5.53. The van der Waals surface area contributed by atoms with Crippen molar-refractivity contribution in [2.75, 3.05) is 13.2 Å². The van der Waals surface area contributed by atoms with Crippen molar-refractivity contribution in [1.82, 2.24) is 5.32 Å². The highest BCUT2D eigenvalue weighted by Gasteiger charge is 2.15. The second-order valence-electron chi connectivity index (χ2n) is 3.59. The molecule has 16 heavy (non-hydrogen) atoms. The molecule has 0 fully saturated rings. The summed E-state index contributed by atoms with van der Waals surface area (Å²) in [5.74, 6) is -0.871. The van der Waals surface area contributed by atoms with Gasteiger partial charge in [-0.2, -0.15) is 0 Å². The van der Waals surface area contributed by atoms with E-state index in [0.717, 1.165) is 12.0 Å². The largest absolute Gasteiger partial charge is 0.480 e. The summed E-state index contributed by atoms with van der Waals surface area (Å²) in [5, 5.41) is 20.4. The summed E-state index contributed by atoms with van der Waals surface area (Å²) in [7, 11) is 0. The van der Waals surface area contributed by atoms with Crippen LogP contribution in [0.5, 0.6) is 0 Å². The Bertz CT molecular complexity index is 313. The number of hydrogen-bond acceptors (Lipinski definition) is 3. The van der Waals surface area contributed by atoms with Crippen molar-refractivity contribution in [2.45, 2.75) is 18.9 Å². The van der Waals surface area contributed by atoms with Gasteiger partial charge in [0.1, 0.15) is 6.04 Å². The van der Waals surface area contributed by atoms with Gasteiger partial charge in [-0.25, -0.2) is 0 Å². The zero-order valence-electron chi connectivity index (χ0n) is 9.10. The molecule has 4 heteroatoms. The summed E-state index contributed by atoms with van der Waals surface area (Å²) >= 11 is 0. The first kappa shape index (κ1) is 12.7. The molecular formula is C12H17NO3. The van der Waals surface area contributed by atoms with E-state index in [9.17, 15) is 4.79 Å². The number of aliphatic hydroxyl groups excluding tert-OH is 1. The number of aliphatic carboxylic acids is 1. The predicted octanol–water partition coefficient (Wildman–Crippen LogP) is 0.654. The van der Waals surface area contributed by atoms with Crippen LogP contribution >= 0.6 is 0 Å². The van der Waals surface area contributed by atoms with Crippen LogP contribution in [0.25, 0.3) is 0 Å². The molecular weight excluding hydrogens is 206 g/mol. The Labute approximate surface area is 94.9 Å². The number of aliphatic hydroxyl groups is 1. The number of hydrogen-bond donors (Lipinski definition) is 3. The molecule has 0 aliphatic rings. The molecule has 0 bridgehead atoms. The van der Waals surface area contributed by atoms with Crippen LogP contribution in [-0.4, -0.2) is 35.4 Å². The van der Waals surface area contributed by atoms with Gasteiger partial charge in [-0.15, -0.1) is 0 Å². The van der Waals surface area contributed by atoms with Gasteiger partial charge in [-0.05, 0) is 18.4 Å². The second-order valence-corrected chi connectivity index (χ2v) is 3.59. The van der Waals surface area contributed by atoms with Crippen LogP contribution in [0.1, 0.15) is 12.0 Å². The fraction of sp³-hybridized carbons (Fsp3) is 0.417. The summed E-state index contributed by atoms with van der Waals surface area (Å²) in [6, 6.07) is 9.17. The molecule has 0 saturated carbocycles. The zero-order valence-corrected chi connectivity index (χ0v) is 9.10. The number of carboxylic acid groups (broad SMARTS) is 1. The lowest BCUT2D eigenvalue weighted by atomic mass is 10.1. The van der Waals surface area contributed by atoms with Gasteiger partial charge in [0.25, 0.3) is 0 Å². The average Bonchev–Trinajstić information content (AvgIpc) is 2.30. The molecule has 1 aromatic carbocycles. The van der Waals surface area contributed by atoms with E-state index in [2.05, 4.69) is 5.32 Å². The average molecular weight is 223 g/mol. The molecule has 0 heterocycles. The van der Waals surface area contributed by atoms with Crippen LogP contribution in [0.4, 0.5) is 0 Å². The SMILES string of the molecule is O=C(O)C(CCc1ccccc1)NCCO. The van der Waals surface area contributed by atoms with Gasteiger partial charge in [0.15, 0.2) is 0 Å². The fourth-order valence-electron chi connectivity index (χ4n) is 1.51. The van der Waals surface area contributed by atoms with Crippen molar-refractivity contribution in [2.24, 2.45) is 0 Å². The van der Waals surface area contributed by atoms with Gasteiger partial charge >= 0.3 is 5.97 Å². The van der Waals surface area contributed by atoms with Crippen LogP contribution in [0.2, 0.25) is 0 Å². The highest BCUT2D eigenvalue weighted by Crippen LogP contribution is 2.05. The maximum atomic E-state index is 10.9. The topological polar surface area (TPSA) is 69.6 Å². The van der Waals surface area contributed by atoms with E-state index in [1.807, 2.05) is 30.3 Å². The molecule has 0 amide bonds. The minimum Gasteiger partial charge on any atom is -0.480 e. The smallest absolute Gasteiger partial charge is 0.320 e. The van der Waals surface area contributed by atoms with E-state index in [1.54, 1.807) is 0 Å². The predicted molar refractivity (Wildman–Crippen MR) is 61.3 cm³/mol. The number of rotatable bonds is 7. The lowest BCUT2D eigenvalue weighted by Gasteiger charge is -2.13. The van der Waals surface area contributed by atoms with E-state index in [1.165, 1.54) is 0 Å². The highest BCUT2D eigenvalue weighted by molar-refractivity contribution is 5.73. The first-order chi connectivity index (χ1) is 7.74. The van der Waals surface area contributed by atoms with Crippen LogP contribution in [-0.2, 0) is 11.2 Å². The maximum absolute atomic E-state index is 10.9. The molecule has 0 spiro atoms. The van der Waals surface area contributed by atoms with Gasteiger partial charge in [-0.1, -0.05) is 30.3 Å². The van der Waals surface area contributed by atoms with Crippen molar-refractivity contribution in [3.05, 3.63) is 35.9 Å². The first-order valence-corrected chi connectivity index (χ1v) is 5.35. The maximum Gasteiger partial charge on any atom is 0.320 e. The van der Waals surface area contributed by atoms with Gasteiger partial charge in [0.05, 0.1) is 6.61 Å². The van der Waals surface area contributed by atoms with Crippen LogP contribution < -0.4 is 5.32 Å². The van der Waals surface area contributed by atoms with Gasteiger partial charge in [0.2, 0.25) is 0 Å². The van der Waals surface area contributed by atoms with Crippen molar-refractivity contribution in [3.63, 3.8) is 0 Å². The summed E-state index contributed by atoms with van der Waals surface area (Å²) < 4.78 is 0. The molecule has 4 nitrogen and oxygen atoms in total. The second kappa shape index (κ2) is 6.98. The molecule has 0 aliphatic heterocycles. The molecule has 88 valence electrons. The van der Waals surface area contributed by atoms with Crippen molar-refractivity contribution < 1.29 is 15.0 Å². The third-order valence-electron chi connectivity index (χ3n) is 2.37. The summed E-state index contributed by atoms with van der Waals surface area (Å²) in [6.07, 6.45) is 1.25. The lowest BCUT2D eigenvalue weighted by Crippen LogP contribution is -2.38. The molecule has 1 rings (SSSR count). The van der Waals surface area contributed by atoms with Crippen LogP contribution in [0.15, 0.2) is 30.3 Å². The third kappa shape index (κ3) is 4.42. The van der Waals surface area contributed by atoms with Crippen LogP contribution in [0.3, 0.4) is 0 Å². The van der Waals surface area contributed by atoms with Crippen LogP contribution in [0, 0.1) is 0 Å². The van der Waals surface area contributed by atoms with E-state index < -0.39 is 12.0 Å². The van der Waals surface area contributed by atoms with E-state index in [-0.39, 0.29) is 6.61 Å². The normalized spacial score (nSPS) is 12.3. The zero-order chi connectivity index (χ0) is 11.8. The minimum atomic E-state index is -0.871. The molecule has 1 aromatic rings. The van der Waals surface area contributed by atoms with E-state index in [0.29, 0.717) is 13.0 Å². The standard InChI is InChI=1S/C12H17NO3/c14-9-8-13-11(12(15)16)7-6-10-4-2-1-3-5-10/h1-5,11,13-14H,6-9H2,(H,15,16). The quantitative estimate of drug-likeness (QED) is 0.635. The fourth-order valence-corrected chi connectivity index (χ4v) is 1.51. The summed E-state index contributed by atoms with van der Waals surface area (Å²) in [5.41, 5.74) is 1.12. The molecule has 1 unspecified atom stereocenters. The number of nitrogens with one attached hydrogen (secondary N) is 1. The van der Waals surface area contributed by atoms with Crippen molar-refractivity contribution in [3.8, 4) is 0 Å². The number of benzene rings is 1. The number of carboxylic acids is 1. The van der Waals surface area contributed by atoms with E-state index >= 15 is 0 Å². The third-order valence-corrected chi connectivity index (χ3v) is 2.37. The van der Waals surface area contributed by atoms with E-state index in [4.69, 9.17) is 10.2 Å².